The van der Waals surface area contributed by atoms with Gasteiger partial charge in [-0.1, -0.05) is 0 Å². The van der Waals surface area contributed by atoms with Gasteiger partial charge in [-0.25, -0.2) is 4.98 Å². The largest absolute Gasteiger partial charge is 0.383 e. The fourth-order valence-electron chi connectivity index (χ4n) is 0.979. The maximum absolute atomic E-state index is 5.67. The Hall–Kier alpha value is -0.370. The van der Waals surface area contributed by atoms with Gasteiger partial charge in [0.1, 0.15) is 15.0 Å². The van der Waals surface area contributed by atoms with Gasteiger partial charge < -0.3 is 5.73 Å². The lowest BCUT2D eigenvalue weighted by atomic mass is 10.3. The van der Waals surface area contributed by atoms with Crippen molar-refractivity contribution in [3.63, 3.8) is 0 Å². The Balaban J connectivity index is 2.98. The van der Waals surface area contributed by atoms with Crippen LogP contribution < -0.4 is 5.73 Å². The monoisotopic (exact) mass is 338 g/mol. The second-order valence-electron chi connectivity index (χ2n) is 2.25. The molecule has 0 saturated heterocycles. The van der Waals surface area contributed by atoms with Crippen LogP contribution in [0.5, 0.6) is 0 Å². The van der Waals surface area contributed by atoms with Crippen LogP contribution in [0.4, 0.5) is 5.82 Å². The van der Waals surface area contributed by atoms with Crippen LogP contribution in [-0.2, 0) is 0 Å². The van der Waals surface area contributed by atoms with Gasteiger partial charge in [0, 0.05) is 6.20 Å². The number of nitrogens with zero attached hydrogens (tertiary/aromatic N) is 2. The van der Waals surface area contributed by atoms with E-state index in [-0.39, 0.29) is 0 Å². The molecule has 2 heterocycles. The van der Waals surface area contributed by atoms with E-state index < -0.39 is 0 Å². The van der Waals surface area contributed by atoms with Gasteiger partial charge in [0.05, 0.1) is 9.86 Å². The van der Waals surface area contributed by atoms with E-state index in [0.717, 1.165) is 19.1 Å². The second kappa shape index (κ2) is 2.84. The number of aromatic amines is 1. The number of rotatable bonds is 0. The summed E-state index contributed by atoms with van der Waals surface area (Å²) < 4.78 is 1.76. The summed E-state index contributed by atoms with van der Waals surface area (Å²) in [6.07, 6.45) is 1.65. The van der Waals surface area contributed by atoms with E-state index in [2.05, 4.69) is 53.7 Å². The molecule has 0 aliphatic rings. The summed E-state index contributed by atoms with van der Waals surface area (Å²) in [6, 6.07) is 0. The molecular formula is C6H4BrIN4. The Bertz CT molecular complexity index is 438. The fraction of sp³-hybridized carbons (Fsp3) is 0. The van der Waals surface area contributed by atoms with Crippen LogP contribution in [0.2, 0.25) is 0 Å². The lowest BCUT2D eigenvalue weighted by Crippen LogP contribution is -1.90. The molecular weight excluding hydrogens is 335 g/mol. The van der Waals surface area contributed by atoms with Crippen molar-refractivity contribution >= 4 is 55.2 Å². The van der Waals surface area contributed by atoms with Crippen molar-refractivity contribution in [1.82, 2.24) is 15.2 Å². The van der Waals surface area contributed by atoms with Crippen molar-refractivity contribution in [1.29, 1.82) is 0 Å². The third-order valence-corrected chi connectivity index (χ3v) is 2.88. The molecule has 0 aliphatic heterocycles. The number of pyridine rings is 1. The van der Waals surface area contributed by atoms with Crippen LogP contribution in [0.15, 0.2) is 10.7 Å². The third-order valence-electron chi connectivity index (χ3n) is 1.52. The molecule has 0 radical (unpaired) electrons. The van der Waals surface area contributed by atoms with E-state index in [1.807, 2.05) is 0 Å². The number of nitrogen functional groups attached to an aromatic ring is 1. The van der Waals surface area contributed by atoms with Crippen molar-refractivity contribution in [2.24, 2.45) is 0 Å². The Morgan fingerprint density at radius 3 is 3.00 bits per heavy atom. The molecule has 62 valence electrons. The number of aromatic nitrogens is 3. The highest BCUT2D eigenvalue weighted by Gasteiger charge is 2.09. The number of anilines is 1. The zero-order chi connectivity index (χ0) is 8.72. The standard InChI is InChI=1S/C6H4BrIN4/c7-2-1-10-6(9)3-4(2)11-12-5(3)8/h1H,(H2,9,10)(H,11,12). The maximum Gasteiger partial charge on any atom is 0.135 e. The SMILES string of the molecule is Nc1ncc(Br)c2n[nH]c(I)c12. The van der Waals surface area contributed by atoms with Gasteiger partial charge in [0.2, 0.25) is 0 Å². The average molecular weight is 339 g/mol. The Morgan fingerprint density at radius 2 is 2.33 bits per heavy atom. The van der Waals surface area contributed by atoms with Crippen molar-refractivity contribution in [3.8, 4) is 0 Å². The van der Waals surface area contributed by atoms with Crippen LogP contribution in [-0.4, -0.2) is 15.2 Å². The third kappa shape index (κ3) is 1.09. The Labute approximate surface area is 90.2 Å². The summed E-state index contributed by atoms with van der Waals surface area (Å²) in [5, 5.41) is 7.80. The van der Waals surface area contributed by atoms with Crippen LogP contribution >= 0.6 is 38.5 Å². The Morgan fingerprint density at radius 1 is 1.58 bits per heavy atom. The molecule has 2 aromatic heterocycles. The summed E-state index contributed by atoms with van der Waals surface area (Å²) in [4.78, 5) is 4.01. The number of halogens is 2. The predicted octanol–water partition coefficient (Wildman–Crippen LogP) is 1.91. The average Bonchev–Trinajstić information content (AvgIpc) is 2.42. The minimum Gasteiger partial charge on any atom is -0.383 e. The number of nitrogens with one attached hydrogen (secondary N) is 1. The first kappa shape index (κ1) is 8.24. The van der Waals surface area contributed by atoms with E-state index in [1.165, 1.54) is 0 Å². The highest BCUT2D eigenvalue weighted by molar-refractivity contribution is 14.1. The minimum absolute atomic E-state index is 0.506. The van der Waals surface area contributed by atoms with E-state index in [1.54, 1.807) is 6.20 Å². The van der Waals surface area contributed by atoms with Gasteiger partial charge >= 0.3 is 0 Å². The van der Waals surface area contributed by atoms with Crippen LogP contribution in [0.3, 0.4) is 0 Å². The lowest BCUT2D eigenvalue weighted by Gasteiger charge is -1.95. The van der Waals surface area contributed by atoms with Crippen molar-refractivity contribution < 1.29 is 0 Å². The molecule has 0 atom stereocenters. The lowest BCUT2D eigenvalue weighted by molar-refractivity contribution is 1.09. The number of hydrogen-bond acceptors (Lipinski definition) is 3. The summed E-state index contributed by atoms with van der Waals surface area (Å²) in [7, 11) is 0. The van der Waals surface area contributed by atoms with E-state index >= 15 is 0 Å². The first-order valence-electron chi connectivity index (χ1n) is 3.13. The van der Waals surface area contributed by atoms with Crippen LogP contribution in [0.25, 0.3) is 10.9 Å². The fourth-order valence-corrected chi connectivity index (χ4v) is 2.02. The number of fused-ring (bicyclic) bond motifs is 1. The molecule has 6 heteroatoms. The molecule has 3 N–H and O–H groups in total. The zero-order valence-corrected chi connectivity index (χ0v) is 9.55. The van der Waals surface area contributed by atoms with Gasteiger partial charge in [-0.2, -0.15) is 5.10 Å². The number of H-pyrrole nitrogens is 1. The highest BCUT2D eigenvalue weighted by Crippen LogP contribution is 2.27. The van der Waals surface area contributed by atoms with E-state index in [0.29, 0.717) is 5.82 Å². The quantitative estimate of drug-likeness (QED) is 0.721. The molecule has 0 unspecified atom stereocenters. The van der Waals surface area contributed by atoms with Gasteiger partial charge in [-0.3, -0.25) is 5.10 Å². The van der Waals surface area contributed by atoms with E-state index in [9.17, 15) is 0 Å². The summed E-state index contributed by atoms with van der Waals surface area (Å²) in [6.45, 7) is 0. The van der Waals surface area contributed by atoms with Crippen molar-refractivity contribution in [3.05, 3.63) is 14.4 Å². The van der Waals surface area contributed by atoms with Gasteiger partial charge in [-0.15, -0.1) is 0 Å². The molecule has 0 fully saturated rings. The first-order chi connectivity index (χ1) is 5.70. The topological polar surface area (TPSA) is 67.6 Å². The van der Waals surface area contributed by atoms with Crippen molar-refractivity contribution in [2.75, 3.05) is 5.73 Å². The molecule has 0 aliphatic carbocycles. The van der Waals surface area contributed by atoms with E-state index in [4.69, 9.17) is 5.73 Å². The zero-order valence-electron chi connectivity index (χ0n) is 5.81. The first-order valence-corrected chi connectivity index (χ1v) is 5.01. The highest BCUT2D eigenvalue weighted by atomic mass is 127. The van der Waals surface area contributed by atoms with Gasteiger partial charge in [0.25, 0.3) is 0 Å². The molecule has 12 heavy (non-hydrogen) atoms. The minimum atomic E-state index is 0.506. The molecule has 0 spiro atoms. The Kier molecular flexibility index (Phi) is 1.95. The summed E-state index contributed by atoms with van der Waals surface area (Å²) in [5.74, 6) is 0.506. The molecule has 4 nitrogen and oxygen atoms in total. The second-order valence-corrected chi connectivity index (χ2v) is 4.19. The molecule has 2 rings (SSSR count). The van der Waals surface area contributed by atoms with Crippen LogP contribution in [0, 0.1) is 3.70 Å². The molecule has 0 saturated carbocycles. The summed E-state index contributed by atoms with van der Waals surface area (Å²) >= 11 is 5.48. The number of nitrogens with two attached hydrogens (primary N) is 1. The number of hydrogen-bond donors (Lipinski definition) is 2. The molecule has 0 amide bonds. The normalized spacial score (nSPS) is 10.8. The predicted molar refractivity (Wildman–Crippen MR) is 58.7 cm³/mol. The molecule has 0 aromatic carbocycles. The molecule has 2 aromatic rings. The van der Waals surface area contributed by atoms with Gasteiger partial charge in [-0.05, 0) is 38.5 Å². The maximum atomic E-state index is 5.67. The van der Waals surface area contributed by atoms with Gasteiger partial charge in [0.15, 0.2) is 0 Å². The smallest absolute Gasteiger partial charge is 0.135 e. The van der Waals surface area contributed by atoms with Crippen LogP contribution in [0.1, 0.15) is 0 Å². The van der Waals surface area contributed by atoms with Crippen molar-refractivity contribution in [2.45, 2.75) is 0 Å². The summed E-state index contributed by atoms with van der Waals surface area (Å²) in [5.41, 5.74) is 6.50. The molecule has 0 bridgehead atoms.